The molecule has 4 heteroatoms. The number of rotatable bonds is 2. The van der Waals surface area contributed by atoms with Crippen LogP contribution in [0.1, 0.15) is 55.0 Å². The Morgan fingerprint density at radius 3 is 2.53 bits per heavy atom. The van der Waals surface area contributed by atoms with Gasteiger partial charge in [-0.1, -0.05) is 13.8 Å². The highest BCUT2D eigenvalue weighted by molar-refractivity contribution is 5.99. The molecule has 2 N–H and O–H groups in total. The van der Waals surface area contributed by atoms with E-state index in [1.54, 1.807) is 4.68 Å². The third-order valence-electron chi connectivity index (χ3n) is 3.72. The van der Waals surface area contributed by atoms with Crippen molar-refractivity contribution in [1.29, 1.82) is 0 Å². The number of Topliss-reactive ketones (excluding diaryl/α,β-unsaturated/α-hetero) is 1. The monoisotopic (exact) mass is 235 g/mol. The highest BCUT2D eigenvalue weighted by Crippen LogP contribution is 2.32. The Morgan fingerprint density at radius 1 is 1.35 bits per heavy atom. The van der Waals surface area contributed by atoms with Gasteiger partial charge in [-0.2, -0.15) is 5.10 Å². The molecule has 1 heterocycles. The number of aryl methyl sites for hydroxylation is 1. The summed E-state index contributed by atoms with van der Waals surface area (Å²) in [7, 11) is 1.87. The van der Waals surface area contributed by atoms with E-state index in [4.69, 9.17) is 5.73 Å². The molecule has 0 aromatic carbocycles. The van der Waals surface area contributed by atoms with Gasteiger partial charge < -0.3 is 5.73 Å². The molecule has 0 saturated carbocycles. The van der Waals surface area contributed by atoms with Crippen LogP contribution < -0.4 is 5.73 Å². The Balaban J connectivity index is 2.45. The summed E-state index contributed by atoms with van der Waals surface area (Å²) < 4.78 is 1.77. The van der Waals surface area contributed by atoms with E-state index in [0.29, 0.717) is 18.3 Å². The first-order valence-electron chi connectivity index (χ1n) is 6.26. The number of hydrogen-bond donors (Lipinski definition) is 1. The van der Waals surface area contributed by atoms with E-state index in [-0.39, 0.29) is 11.8 Å². The van der Waals surface area contributed by atoms with Crippen LogP contribution in [-0.4, -0.2) is 15.6 Å². The lowest BCUT2D eigenvalue weighted by molar-refractivity contribution is 0.0931. The van der Waals surface area contributed by atoms with E-state index < -0.39 is 0 Å². The lowest BCUT2D eigenvalue weighted by atomic mass is 9.79. The Labute approximate surface area is 102 Å². The maximum Gasteiger partial charge on any atom is 0.166 e. The Morgan fingerprint density at radius 2 is 2.00 bits per heavy atom. The summed E-state index contributed by atoms with van der Waals surface area (Å²) in [6, 6.07) is -0.143. The molecular formula is C13H21N3O. The van der Waals surface area contributed by atoms with E-state index in [1.165, 1.54) is 0 Å². The van der Waals surface area contributed by atoms with E-state index in [1.807, 2.05) is 14.0 Å². The molecule has 2 atom stereocenters. The van der Waals surface area contributed by atoms with Crippen molar-refractivity contribution >= 4 is 5.78 Å². The van der Waals surface area contributed by atoms with Gasteiger partial charge in [-0.3, -0.25) is 9.48 Å². The van der Waals surface area contributed by atoms with Gasteiger partial charge in [0.2, 0.25) is 0 Å². The van der Waals surface area contributed by atoms with Crippen molar-refractivity contribution in [2.45, 2.75) is 39.7 Å². The van der Waals surface area contributed by atoms with Gasteiger partial charge in [0.15, 0.2) is 5.78 Å². The highest BCUT2D eigenvalue weighted by atomic mass is 16.1. The molecule has 0 fully saturated rings. The van der Waals surface area contributed by atoms with Crippen LogP contribution in [-0.2, 0) is 13.5 Å². The maximum atomic E-state index is 12.2. The molecule has 1 aliphatic carbocycles. The van der Waals surface area contributed by atoms with Crippen LogP contribution in [0.3, 0.4) is 0 Å². The van der Waals surface area contributed by atoms with Gasteiger partial charge in [0, 0.05) is 19.5 Å². The topological polar surface area (TPSA) is 60.9 Å². The number of aromatic nitrogens is 2. The average Bonchev–Trinajstić information content (AvgIpc) is 2.54. The molecule has 0 saturated heterocycles. The average molecular weight is 235 g/mol. The normalized spacial score (nSPS) is 21.8. The quantitative estimate of drug-likeness (QED) is 0.850. The standard InChI is InChI=1S/C13H21N3O/c1-7(2)9-5-10-12(11(17)6-9)13(8(3)14)16(4)15-10/h7-9H,5-6,14H2,1-4H3. The zero-order valence-electron chi connectivity index (χ0n) is 11.0. The van der Waals surface area contributed by atoms with Gasteiger partial charge >= 0.3 is 0 Å². The lowest BCUT2D eigenvalue weighted by Crippen LogP contribution is -2.25. The summed E-state index contributed by atoms with van der Waals surface area (Å²) in [5, 5.41) is 4.47. The fraction of sp³-hybridized carbons (Fsp3) is 0.692. The van der Waals surface area contributed by atoms with E-state index in [9.17, 15) is 4.79 Å². The SMILES string of the molecule is CC(N)c1c2c(nn1C)CC(C(C)C)CC2=O. The predicted molar refractivity (Wildman–Crippen MR) is 66.8 cm³/mol. The van der Waals surface area contributed by atoms with Crippen LogP contribution in [0.5, 0.6) is 0 Å². The summed E-state index contributed by atoms with van der Waals surface area (Å²) >= 11 is 0. The minimum absolute atomic E-state index is 0.143. The van der Waals surface area contributed by atoms with E-state index in [2.05, 4.69) is 18.9 Å². The van der Waals surface area contributed by atoms with Crippen LogP contribution in [0.15, 0.2) is 0 Å². The maximum absolute atomic E-state index is 12.2. The van der Waals surface area contributed by atoms with E-state index >= 15 is 0 Å². The van der Waals surface area contributed by atoms with Crippen LogP contribution in [0.4, 0.5) is 0 Å². The van der Waals surface area contributed by atoms with Crippen LogP contribution >= 0.6 is 0 Å². The molecule has 1 aromatic rings. The zero-order chi connectivity index (χ0) is 12.7. The van der Waals surface area contributed by atoms with Crippen molar-refractivity contribution in [1.82, 2.24) is 9.78 Å². The molecule has 2 rings (SSSR count). The predicted octanol–water partition coefficient (Wildman–Crippen LogP) is 1.84. The van der Waals surface area contributed by atoms with Gasteiger partial charge in [0.05, 0.1) is 17.0 Å². The Kier molecular flexibility index (Phi) is 3.08. The van der Waals surface area contributed by atoms with Crippen molar-refractivity contribution in [2.24, 2.45) is 24.6 Å². The molecule has 0 spiro atoms. The molecule has 17 heavy (non-hydrogen) atoms. The third kappa shape index (κ3) is 2.02. The molecule has 0 bridgehead atoms. The highest BCUT2D eigenvalue weighted by Gasteiger charge is 2.33. The summed E-state index contributed by atoms with van der Waals surface area (Å²) in [5.41, 5.74) is 8.54. The fourth-order valence-electron chi connectivity index (χ4n) is 2.70. The second kappa shape index (κ2) is 4.26. The van der Waals surface area contributed by atoms with Gasteiger partial charge in [0.1, 0.15) is 0 Å². The van der Waals surface area contributed by atoms with Gasteiger partial charge in [-0.15, -0.1) is 0 Å². The molecule has 94 valence electrons. The number of nitrogens with two attached hydrogens (primary N) is 1. The minimum Gasteiger partial charge on any atom is -0.323 e. The van der Waals surface area contributed by atoms with E-state index in [0.717, 1.165) is 23.4 Å². The van der Waals surface area contributed by atoms with Crippen molar-refractivity contribution in [3.63, 3.8) is 0 Å². The summed E-state index contributed by atoms with van der Waals surface area (Å²) in [5.74, 6) is 1.16. The van der Waals surface area contributed by atoms with Gasteiger partial charge in [-0.25, -0.2) is 0 Å². The fourth-order valence-corrected chi connectivity index (χ4v) is 2.70. The molecule has 0 amide bonds. The summed E-state index contributed by atoms with van der Waals surface area (Å²) in [6.45, 7) is 6.23. The number of ketones is 1. The third-order valence-corrected chi connectivity index (χ3v) is 3.72. The number of carbonyl (C=O) groups excluding carboxylic acids is 1. The lowest BCUT2D eigenvalue weighted by Gasteiger charge is -2.24. The first-order chi connectivity index (χ1) is 7.91. The molecule has 1 aromatic heterocycles. The number of nitrogens with zero attached hydrogens (tertiary/aromatic N) is 2. The molecule has 0 radical (unpaired) electrons. The summed E-state index contributed by atoms with van der Waals surface area (Å²) in [4.78, 5) is 12.2. The second-order valence-electron chi connectivity index (χ2n) is 5.45. The first kappa shape index (κ1) is 12.3. The molecule has 4 nitrogen and oxygen atoms in total. The molecule has 2 unspecified atom stereocenters. The van der Waals surface area contributed by atoms with Crippen molar-refractivity contribution in [3.8, 4) is 0 Å². The first-order valence-corrected chi connectivity index (χ1v) is 6.26. The Bertz CT molecular complexity index is 446. The van der Waals surface area contributed by atoms with Crippen molar-refractivity contribution in [2.75, 3.05) is 0 Å². The zero-order valence-corrected chi connectivity index (χ0v) is 11.0. The van der Waals surface area contributed by atoms with Crippen LogP contribution in [0.2, 0.25) is 0 Å². The van der Waals surface area contributed by atoms with Gasteiger partial charge in [-0.05, 0) is 25.2 Å². The van der Waals surface area contributed by atoms with Gasteiger partial charge in [0.25, 0.3) is 0 Å². The Hall–Kier alpha value is -1.16. The van der Waals surface area contributed by atoms with Crippen LogP contribution in [0.25, 0.3) is 0 Å². The molecule has 0 aliphatic heterocycles. The second-order valence-corrected chi connectivity index (χ2v) is 5.45. The number of carbonyl (C=O) groups is 1. The summed E-state index contributed by atoms with van der Waals surface area (Å²) in [6.07, 6.45) is 1.54. The van der Waals surface area contributed by atoms with Crippen molar-refractivity contribution < 1.29 is 4.79 Å². The smallest absolute Gasteiger partial charge is 0.166 e. The number of hydrogen-bond acceptors (Lipinski definition) is 3. The van der Waals surface area contributed by atoms with Crippen molar-refractivity contribution in [3.05, 3.63) is 17.0 Å². The minimum atomic E-state index is -0.143. The molecule has 1 aliphatic rings. The van der Waals surface area contributed by atoms with Crippen LogP contribution in [0, 0.1) is 11.8 Å². The molecular weight excluding hydrogens is 214 g/mol. The largest absolute Gasteiger partial charge is 0.323 e. The number of fused-ring (bicyclic) bond motifs is 1.